The molecule has 0 aliphatic rings. The molecule has 7 heteroatoms. The summed E-state index contributed by atoms with van der Waals surface area (Å²) < 4.78 is 5.14. The van der Waals surface area contributed by atoms with E-state index in [9.17, 15) is 9.59 Å². The molecule has 5 nitrogen and oxygen atoms in total. The van der Waals surface area contributed by atoms with E-state index in [2.05, 4.69) is 5.32 Å². The number of nitrogens with zero attached hydrogens (tertiary/aromatic N) is 1. The number of ether oxygens (including phenoxy) is 1. The number of anilines is 2. The van der Waals surface area contributed by atoms with Crippen molar-refractivity contribution < 1.29 is 14.3 Å². The van der Waals surface area contributed by atoms with Crippen LogP contribution in [0.3, 0.4) is 0 Å². The number of methoxy groups -OCH3 is 1. The first kappa shape index (κ1) is 18.1. The van der Waals surface area contributed by atoms with Gasteiger partial charge >= 0.3 is 0 Å². The van der Waals surface area contributed by atoms with Gasteiger partial charge in [0.2, 0.25) is 11.8 Å². The Morgan fingerprint density at radius 3 is 2.58 bits per heavy atom. The topological polar surface area (TPSA) is 58.6 Å². The summed E-state index contributed by atoms with van der Waals surface area (Å²) in [6.07, 6.45) is 0. The van der Waals surface area contributed by atoms with E-state index in [4.69, 9.17) is 27.9 Å². The number of halogens is 2. The fourth-order valence-electron chi connectivity index (χ4n) is 2.09. The Labute approximate surface area is 150 Å². The van der Waals surface area contributed by atoms with Crippen LogP contribution in [0.25, 0.3) is 0 Å². The van der Waals surface area contributed by atoms with Gasteiger partial charge in [-0.25, -0.2) is 0 Å². The lowest BCUT2D eigenvalue weighted by atomic mass is 10.2. The van der Waals surface area contributed by atoms with Crippen LogP contribution in [0.15, 0.2) is 42.5 Å². The van der Waals surface area contributed by atoms with Crippen molar-refractivity contribution in [2.75, 3.05) is 23.9 Å². The van der Waals surface area contributed by atoms with Crippen molar-refractivity contribution in [3.05, 3.63) is 52.5 Å². The number of amides is 2. The van der Waals surface area contributed by atoms with E-state index in [1.807, 2.05) is 0 Å². The molecule has 0 radical (unpaired) electrons. The number of carbonyl (C=O) groups excluding carboxylic acids is 2. The predicted octanol–water partition coefficient (Wildman–Crippen LogP) is 3.99. The molecule has 126 valence electrons. The Kier molecular flexibility index (Phi) is 6.06. The van der Waals surface area contributed by atoms with Crippen molar-refractivity contribution in [2.45, 2.75) is 6.92 Å². The summed E-state index contributed by atoms with van der Waals surface area (Å²) in [5.74, 6) is -0.0650. The number of carbonyl (C=O) groups is 2. The van der Waals surface area contributed by atoms with E-state index in [0.29, 0.717) is 27.2 Å². The molecule has 0 bridgehead atoms. The van der Waals surface area contributed by atoms with E-state index >= 15 is 0 Å². The summed E-state index contributed by atoms with van der Waals surface area (Å²) in [4.78, 5) is 25.5. The zero-order valence-corrected chi connectivity index (χ0v) is 14.7. The Hall–Kier alpha value is -2.24. The molecule has 0 saturated carbocycles. The minimum absolute atomic E-state index is 0.161. The maximum atomic E-state index is 12.3. The van der Waals surface area contributed by atoms with Gasteiger partial charge in [0.1, 0.15) is 12.3 Å². The minimum atomic E-state index is -0.391. The van der Waals surface area contributed by atoms with Gasteiger partial charge in [-0.2, -0.15) is 0 Å². The first-order valence-corrected chi connectivity index (χ1v) is 7.83. The largest absolute Gasteiger partial charge is 0.497 e. The molecule has 1 N–H and O–H groups in total. The molecule has 0 aliphatic heterocycles. The molecule has 2 rings (SSSR count). The second kappa shape index (κ2) is 8.04. The average Bonchev–Trinajstić information content (AvgIpc) is 2.55. The molecular weight excluding hydrogens is 351 g/mol. The van der Waals surface area contributed by atoms with E-state index in [0.717, 1.165) is 0 Å². The van der Waals surface area contributed by atoms with Gasteiger partial charge in [-0.1, -0.05) is 29.3 Å². The molecule has 0 aliphatic carbocycles. The van der Waals surface area contributed by atoms with Crippen LogP contribution in [0, 0.1) is 0 Å². The van der Waals surface area contributed by atoms with Crippen LogP contribution in [0.2, 0.25) is 10.0 Å². The van der Waals surface area contributed by atoms with Crippen LogP contribution >= 0.6 is 23.2 Å². The summed E-state index contributed by atoms with van der Waals surface area (Å²) in [5.41, 5.74) is 0.956. The number of rotatable bonds is 5. The minimum Gasteiger partial charge on any atom is -0.497 e. The zero-order chi connectivity index (χ0) is 17.7. The third kappa shape index (κ3) is 4.63. The smallest absolute Gasteiger partial charge is 0.244 e. The summed E-state index contributed by atoms with van der Waals surface area (Å²) in [6, 6.07) is 11.7. The van der Waals surface area contributed by atoms with Crippen molar-refractivity contribution in [1.82, 2.24) is 0 Å². The molecule has 0 atom stereocenters. The van der Waals surface area contributed by atoms with Gasteiger partial charge < -0.3 is 15.0 Å². The molecule has 0 heterocycles. The molecule has 0 aromatic heterocycles. The fraction of sp³-hybridized carbons (Fsp3) is 0.176. The van der Waals surface area contributed by atoms with E-state index < -0.39 is 5.91 Å². The average molecular weight is 367 g/mol. The van der Waals surface area contributed by atoms with E-state index in [-0.39, 0.29) is 12.5 Å². The van der Waals surface area contributed by atoms with Crippen LogP contribution in [0.1, 0.15) is 6.92 Å². The lowest BCUT2D eigenvalue weighted by Crippen LogP contribution is -2.36. The molecule has 0 spiro atoms. The molecule has 0 fully saturated rings. The van der Waals surface area contributed by atoms with Crippen molar-refractivity contribution in [3.63, 3.8) is 0 Å². The van der Waals surface area contributed by atoms with Gasteiger partial charge in [-0.05, 0) is 30.3 Å². The Balaban J connectivity index is 2.16. The lowest BCUT2D eigenvalue weighted by Gasteiger charge is -2.21. The summed E-state index contributed by atoms with van der Waals surface area (Å²) >= 11 is 11.9. The Morgan fingerprint density at radius 2 is 1.92 bits per heavy atom. The van der Waals surface area contributed by atoms with Crippen LogP contribution in [-0.2, 0) is 9.59 Å². The van der Waals surface area contributed by atoms with Gasteiger partial charge in [-0.3, -0.25) is 9.59 Å². The standard InChI is InChI=1S/C17H16Cl2N2O3/c1-11(22)21(13-4-3-5-14(9-13)24-2)10-17(23)20-16-8-12(18)6-7-15(16)19/h3-9H,10H2,1-2H3,(H,20,23). The van der Waals surface area contributed by atoms with Gasteiger partial charge in [-0.15, -0.1) is 0 Å². The van der Waals surface area contributed by atoms with Crippen LogP contribution in [0.5, 0.6) is 5.75 Å². The Bertz CT molecular complexity index is 765. The molecule has 2 aromatic rings. The highest BCUT2D eigenvalue weighted by Gasteiger charge is 2.17. The van der Waals surface area contributed by atoms with Crippen molar-refractivity contribution >= 4 is 46.4 Å². The normalized spacial score (nSPS) is 10.2. The van der Waals surface area contributed by atoms with Crippen LogP contribution in [0.4, 0.5) is 11.4 Å². The Morgan fingerprint density at radius 1 is 1.17 bits per heavy atom. The molecule has 2 amide bonds. The monoisotopic (exact) mass is 366 g/mol. The zero-order valence-electron chi connectivity index (χ0n) is 13.2. The van der Waals surface area contributed by atoms with Crippen molar-refractivity contribution in [3.8, 4) is 5.75 Å². The maximum absolute atomic E-state index is 12.3. The van der Waals surface area contributed by atoms with Gasteiger partial charge in [0.15, 0.2) is 0 Å². The highest BCUT2D eigenvalue weighted by Crippen LogP contribution is 2.26. The lowest BCUT2D eigenvalue weighted by molar-refractivity contribution is -0.120. The second-order valence-corrected chi connectivity index (χ2v) is 5.82. The van der Waals surface area contributed by atoms with Gasteiger partial charge in [0.05, 0.1) is 17.8 Å². The summed E-state index contributed by atoms with van der Waals surface area (Å²) in [6.45, 7) is 1.23. The van der Waals surface area contributed by atoms with Crippen LogP contribution in [-0.4, -0.2) is 25.5 Å². The number of hydrogen-bond acceptors (Lipinski definition) is 3. The first-order chi connectivity index (χ1) is 11.4. The molecule has 0 unspecified atom stereocenters. The predicted molar refractivity (Wildman–Crippen MR) is 96.1 cm³/mol. The molecule has 0 saturated heterocycles. The molecule has 2 aromatic carbocycles. The molecule has 24 heavy (non-hydrogen) atoms. The number of hydrogen-bond donors (Lipinski definition) is 1. The summed E-state index contributed by atoms with van der Waals surface area (Å²) in [5, 5.41) is 3.47. The van der Waals surface area contributed by atoms with Gasteiger partial charge in [0, 0.05) is 23.7 Å². The van der Waals surface area contributed by atoms with E-state index in [1.54, 1.807) is 42.5 Å². The fourth-order valence-corrected chi connectivity index (χ4v) is 2.43. The van der Waals surface area contributed by atoms with E-state index in [1.165, 1.54) is 18.9 Å². The second-order valence-electron chi connectivity index (χ2n) is 4.98. The van der Waals surface area contributed by atoms with Gasteiger partial charge in [0.25, 0.3) is 0 Å². The SMILES string of the molecule is COc1cccc(N(CC(=O)Nc2cc(Cl)ccc2Cl)C(C)=O)c1. The maximum Gasteiger partial charge on any atom is 0.244 e. The quantitative estimate of drug-likeness (QED) is 0.869. The highest BCUT2D eigenvalue weighted by atomic mass is 35.5. The number of benzene rings is 2. The van der Waals surface area contributed by atoms with Crippen molar-refractivity contribution in [2.24, 2.45) is 0 Å². The third-order valence-electron chi connectivity index (χ3n) is 3.25. The van der Waals surface area contributed by atoms with Crippen molar-refractivity contribution in [1.29, 1.82) is 0 Å². The highest BCUT2D eigenvalue weighted by molar-refractivity contribution is 6.35. The molecular formula is C17H16Cl2N2O3. The third-order valence-corrected chi connectivity index (χ3v) is 3.81. The summed E-state index contributed by atoms with van der Waals surface area (Å²) in [7, 11) is 1.53. The number of nitrogens with one attached hydrogen (secondary N) is 1. The van der Waals surface area contributed by atoms with Crippen LogP contribution < -0.4 is 15.0 Å². The first-order valence-electron chi connectivity index (χ1n) is 7.07.